The highest BCUT2D eigenvalue weighted by atomic mass is 32.2. The van der Waals surface area contributed by atoms with Gasteiger partial charge in [0.25, 0.3) is 0 Å². The highest BCUT2D eigenvalue weighted by Gasteiger charge is 2.09. The van der Waals surface area contributed by atoms with Crippen molar-refractivity contribution in [3.63, 3.8) is 0 Å². The van der Waals surface area contributed by atoms with Crippen LogP contribution in [0.2, 0.25) is 0 Å². The zero-order valence-electron chi connectivity index (χ0n) is 6.35. The van der Waals surface area contributed by atoms with E-state index in [4.69, 9.17) is 5.84 Å². The van der Waals surface area contributed by atoms with Gasteiger partial charge in [-0.1, -0.05) is 0 Å². The van der Waals surface area contributed by atoms with Crippen molar-refractivity contribution in [2.24, 2.45) is 5.84 Å². The molecule has 12 heavy (non-hydrogen) atoms. The maximum atomic E-state index is 10.9. The molecule has 66 valence electrons. The molecule has 0 fully saturated rings. The predicted molar refractivity (Wildman–Crippen MR) is 43.0 cm³/mol. The molecule has 0 unspecified atom stereocenters. The van der Waals surface area contributed by atoms with E-state index in [2.05, 4.69) is 15.4 Å². The Morgan fingerprint density at radius 1 is 1.50 bits per heavy atom. The number of aromatic nitrogens is 2. The van der Waals surface area contributed by atoms with Crippen LogP contribution in [0, 0.1) is 0 Å². The van der Waals surface area contributed by atoms with Crippen molar-refractivity contribution in [1.29, 1.82) is 0 Å². The minimum Gasteiger partial charge on any atom is -0.307 e. The van der Waals surface area contributed by atoms with Gasteiger partial charge in [0, 0.05) is 6.26 Å². The van der Waals surface area contributed by atoms with E-state index in [1.165, 1.54) is 6.20 Å². The van der Waals surface area contributed by atoms with Gasteiger partial charge in [-0.3, -0.25) is 4.98 Å². The Bertz CT molecular complexity index is 375. The molecule has 0 aliphatic rings. The first-order valence-electron chi connectivity index (χ1n) is 3.03. The molecular formula is C5H8N4O2S. The van der Waals surface area contributed by atoms with Gasteiger partial charge in [-0.25, -0.2) is 19.2 Å². The molecule has 0 amide bonds. The number of hydrogen-bond acceptors (Lipinski definition) is 6. The van der Waals surface area contributed by atoms with Gasteiger partial charge >= 0.3 is 0 Å². The summed E-state index contributed by atoms with van der Waals surface area (Å²) in [5.74, 6) is 5.23. The largest absolute Gasteiger partial charge is 0.307 e. The summed E-state index contributed by atoms with van der Waals surface area (Å²) in [4.78, 5) is 7.31. The average molecular weight is 188 g/mol. The smallest absolute Gasteiger partial charge is 0.194 e. The van der Waals surface area contributed by atoms with Crippen molar-refractivity contribution in [3.05, 3.63) is 12.4 Å². The number of nitrogens with zero attached hydrogens (tertiary/aromatic N) is 2. The maximum absolute atomic E-state index is 10.9. The molecule has 6 nitrogen and oxygen atoms in total. The summed E-state index contributed by atoms with van der Waals surface area (Å²) in [6, 6.07) is 0. The van der Waals surface area contributed by atoms with Crippen molar-refractivity contribution < 1.29 is 8.42 Å². The number of rotatable bonds is 2. The Hall–Kier alpha value is -1.21. The lowest BCUT2D eigenvalue weighted by molar-refractivity contribution is 0.597. The molecular weight excluding hydrogens is 180 g/mol. The monoisotopic (exact) mass is 188 g/mol. The third kappa shape index (κ3) is 1.89. The second kappa shape index (κ2) is 3.03. The molecule has 0 spiro atoms. The standard InChI is InChI=1S/C5H8N4O2S/c1-12(10,11)5-3-7-2-4(8-5)9-6/h2-3H,6H2,1H3,(H,8,9). The summed E-state index contributed by atoms with van der Waals surface area (Å²) in [6.07, 6.45) is 3.54. The Balaban J connectivity index is 3.20. The molecule has 3 N–H and O–H groups in total. The lowest BCUT2D eigenvalue weighted by Crippen LogP contribution is -2.11. The second-order valence-corrected chi connectivity index (χ2v) is 4.12. The normalized spacial score (nSPS) is 11.2. The quantitative estimate of drug-likeness (QED) is 0.464. The van der Waals surface area contributed by atoms with E-state index in [1.807, 2.05) is 0 Å². The van der Waals surface area contributed by atoms with Crippen molar-refractivity contribution >= 4 is 15.7 Å². The minimum atomic E-state index is -3.30. The van der Waals surface area contributed by atoms with Gasteiger partial charge in [-0.05, 0) is 0 Å². The predicted octanol–water partition coefficient (Wildman–Crippen LogP) is -0.834. The molecule has 0 aliphatic heterocycles. The van der Waals surface area contributed by atoms with Crippen LogP contribution in [0.15, 0.2) is 17.4 Å². The molecule has 0 aromatic carbocycles. The number of hydrogen-bond donors (Lipinski definition) is 2. The molecule has 0 saturated heterocycles. The number of nitrogens with one attached hydrogen (secondary N) is 1. The third-order valence-electron chi connectivity index (χ3n) is 1.14. The number of anilines is 1. The van der Waals surface area contributed by atoms with Crippen molar-refractivity contribution in [3.8, 4) is 0 Å². The Labute approximate surface area is 69.7 Å². The summed E-state index contributed by atoms with van der Waals surface area (Å²) in [5, 5.41) is -0.0991. The number of sulfone groups is 1. The van der Waals surface area contributed by atoms with E-state index in [1.54, 1.807) is 0 Å². The van der Waals surface area contributed by atoms with Crippen LogP contribution in [0.3, 0.4) is 0 Å². The van der Waals surface area contributed by atoms with Crippen LogP contribution in [0.25, 0.3) is 0 Å². The van der Waals surface area contributed by atoms with E-state index in [9.17, 15) is 8.42 Å². The van der Waals surface area contributed by atoms with Crippen LogP contribution in [-0.2, 0) is 9.84 Å². The number of hydrazine groups is 1. The van der Waals surface area contributed by atoms with Gasteiger partial charge < -0.3 is 5.43 Å². The molecule has 7 heteroatoms. The lowest BCUT2D eigenvalue weighted by atomic mass is 10.7. The molecule has 1 aromatic rings. The van der Waals surface area contributed by atoms with Crippen molar-refractivity contribution in [2.45, 2.75) is 5.03 Å². The number of nitrogen functional groups attached to an aromatic ring is 1. The SMILES string of the molecule is CS(=O)(=O)c1cncc(NN)n1. The molecule has 0 saturated carbocycles. The molecule has 1 aromatic heterocycles. The second-order valence-electron chi connectivity index (χ2n) is 2.16. The van der Waals surface area contributed by atoms with E-state index < -0.39 is 9.84 Å². The molecule has 1 heterocycles. The van der Waals surface area contributed by atoms with Crippen molar-refractivity contribution in [1.82, 2.24) is 9.97 Å². The van der Waals surface area contributed by atoms with Gasteiger partial charge in [0.2, 0.25) is 0 Å². The lowest BCUT2D eigenvalue weighted by Gasteiger charge is -1.99. The topological polar surface area (TPSA) is 98.0 Å². The van der Waals surface area contributed by atoms with Crippen LogP contribution in [0.4, 0.5) is 5.82 Å². The first-order valence-corrected chi connectivity index (χ1v) is 4.92. The van der Waals surface area contributed by atoms with Gasteiger partial charge in [-0.15, -0.1) is 0 Å². The fraction of sp³-hybridized carbons (Fsp3) is 0.200. The fourth-order valence-electron chi connectivity index (χ4n) is 0.596. The zero-order chi connectivity index (χ0) is 9.19. The summed E-state index contributed by atoms with van der Waals surface area (Å²) in [5.41, 5.74) is 2.20. The summed E-state index contributed by atoms with van der Waals surface area (Å²) < 4.78 is 21.9. The fourth-order valence-corrected chi connectivity index (χ4v) is 1.11. The Morgan fingerprint density at radius 2 is 2.17 bits per heavy atom. The first kappa shape index (κ1) is 8.88. The minimum absolute atomic E-state index is 0.0991. The molecule has 0 atom stereocenters. The summed E-state index contributed by atoms with van der Waals surface area (Å²) in [7, 11) is -3.30. The number of nitrogens with two attached hydrogens (primary N) is 1. The molecule has 0 aliphatic carbocycles. The average Bonchev–Trinajstić information content (AvgIpc) is 2.03. The van der Waals surface area contributed by atoms with Crippen LogP contribution in [0.5, 0.6) is 0 Å². The zero-order valence-corrected chi connectivity index (χ0v) is 7.17. The highest BCUT2D eigenvalue weighted by Crippen LogP contribution is 2.05. The van der Waals surface area contributed by atoms with E-state index in [0.29, 0.717) is 0 Å². The summed E-state index contributed by atoms with van der Waals surface area (Å²) in [6.45, 7) is 0. The molecule has 0 bridgehead atoms. The Morgan fingerprint density at radius 3 is 2.67 bits per heavy atom. The van der Waals surface area contributed by atoms with Gasteiger partial charge in [0.05, 0.1) is 12.4 Å². The maximum Gasteiger partial charge on any atom is 0.194 e. The van der Waals surface area contributed by atoms with E-state index >= 15 is 0 Å². The molecule has 1 rings (SSSR count). The van der Waals surface area contributed by atoms with Crippen molar-refractivity contribution in [2.75, 3.05) is 11.7 Å². The van der Waals surface area contributed by atoms with Gasteiger partial charge in [0.1, 0.15) is 0 Å². The summed E-state index contributed by atoms with van der Waals surface area (Å²) >= 11 is 0. The first-order chi connectivity index (χ1) is 5.54. The molecule has 0 radical (unpaired) electrons. The van der Waals surface area contributed by atoms with Crippen LogP contribution >= 0.6 is 0 Å². The third-order valence-corrected chi connectivity index (χ3v) is 2.10. The van der Waals surface area contributed by atoms with Crippen LogP contribution < -0.4 is 11.3 Å². The van der Waals surface area contributed by atoms with Crippen LogP contribution in [0.1, 0.15) is 0 Å². The Kier molecular flexibility index (Phi) is 2.25. The van der Waals surface area contributed by atoms with Gasteiger partial charge in [0.15, 0.2) is 20.7 Å². The van der Waals surface area contributed by atoms with E-state index in [-0.39, 0.29) is 10.8 Å². The van der Waals surface area contributed by atoms with Crippen LogP contribution in [-0.4, -0.2) is 24.6 Å². The van der Waals surface area contributed by atoms with Gasteiger partial charge in [-0.2, -0.15) is 0 Å². The highest BCUT2D eigenvalue weighted by molar-refractivity contribution is 7.90. The van der Waals surface area contributed by atoms with E-state index in [0.717, 1.165) is 12.5 Å².